The third-order valence-electron chi connectivity index (χ3n) is 2.16. The second-order valence-electron chi connectivity index (χ2n) is 4.90. The van der Waals surface area contributed by atoms with Crippen LogP contribution in [-0.2, 0) is 11.5 Å². The molecular formula is C10H18N2O3Si. The Hall–Kier alpha value is -1.14. The number of ether oxygens (including phenoxy) is 1. The van der Waals surface area contributed by atoms with Crippen molar-refractivity contribution in [3.05, 3.63) is 18.2 Å². The van der Waals surface area contributed by atoms with Gasteiger partial charge >= 0.3 is 5.97 Å². The third kappa shape index (κ3) is 4.16. The van der Waals surface area contributed by atoms with Crippen LogP contribution in [0, 0.1) is 0 Å². The summed E-state index contributed by atoms with van der Waals surface area (Å²) in [6.07, 6.45) is 2.79. The van der Waals surface area contributed by atoms with E-state index in [1.165, 1.54) is 17.1 Å². The standard InChI is InChI=1S/C10H18N2O3Si/c1-16(2,3)5-4-15-8-12-7-11-6-9(12)10(13)14/h6-7H,4-5,8H2,1-3H3,(H,13,14). The van der Waals surface area contributed by atoms with Crippen LogP contribution in [0.5, 0.6) is 0 Å². The van der Waals surface area contributed by atoms with Crippen LogP contribution in [0.15, 0.2) is 12.5 Å². The summed E-state index contributed by atoms with van der Waals surface area (Å²) in [6.45, 7) is 7.75. The molecule has 1 aromatic rings. The first kappa shape index (κ1) is 12.9. The lowest BCUT2D eigenvalue weighted by Crippen LogP contribution is -2.22. The number of nitrogens with zero attached hydrogens (tertiary/aromatic N) is 2. The Morgan fingerprint density at radius 2 is 2.25 bits per heavy atom. The van der Waals surface area contributed by atoms with Crippen LogP contribution in [0.4, 0.5) is 0 Å². The van der Waals surface area contributed by atoms with Crippen LogP contribution < -0.4 is 0 Å². The Morgan fingerprint density at radius 3 is 2.81 bits per heavy atom. The van der Waals surface area contributed by atoms with Crippen LogP contribution in [0.2, 0.25) is 25.7 Å². The molecule has 1 aromatic heterocycles. The quantitative estimate of drug-likeness (QED) is 0.611. The molecule has 16 heavy (non-hydrogen) atoms. The number of imidazole rings is 1. The molecule has 1 N–H and O–H groups in total. The number of carbonyl (C=O) groups is 1. The summed E-state index contributed by atoms with van der Waals surface area (Å²) in [5, 5.41) is 8.83. The molecule has 0 bridgehead atoms. The van der Waals surface area contributed by atoms with E-state index in [9.17, 15) is 4.79 Å². The average molecular weight is 242 g/mol. The zero-order valence-electron chi connectivity index (χ0n) is 9.93. The van der Waals surface area contributed by atoms with Crippen molar-refractivity contribution in [3.63, 3.8) is 0 Å². The number of carboxylic acid groups (broad SMARTS) is 1. The fraction of sp³-hybridized carbons (Fsp3) is 0.600. The maximum atomic E-state index is 10.8. The molecule has 1 rings (SSSR count). The van der Waals surface area contributed by atoms with Gasteiger partial charge in [0.2, 0.25) is 0 Å². The van der Waals surface area contributed by atoms with Gasteiger partial charge in [-0.05, 0) is 6.04 Å². The molecule has 0 amide bonds. The Bertz CT molecular complexity index is 357. The van der Waals surface area contributed by atoms with Crippen LogP contribution in [-0.4, -0.2) is 35.3 Å². The summed E-state index contributed by atoms with van der Waals surface area (Å²) in [4.78, 5) is 14.5. The van der Waals surface area contributed by atoms with E-state index in [4.69, 9.17) is 9.84 Å². The zero-order valence-corrected chi connectivity index (χ0v) is 10.9. The van der Waals surface area contributed by atoms with E-state index in [1.54, 1.807) is 0 Å². The predicted molar refractivity (Wildman–Crippen MR) is 63.3 cm³/mol. The lowest BCUT2D eigenvalue weighted by molar-refractivity contribution is 0.0622. The summed E-state index contributed by atoms with van der Waals surface area (Å²) in [6, 6.07) is 1.07. The molecule has 0 spiro atoms. The molecule has 1 heterocycles. The summed E-state index contributed by atoms with van der Waals surface area (Å²) in [5.74, 6) is -0.980. The molecule has 0 aliphatic heterocycles. The molecule has 0 saturated carbocycles. The van der Waals surface area contributed by atoms with Gasteiger partial charge in [0.15, 0.2) is 0 Å². The van der Waals surface area contributed by atoms with E-state index >= 15 is 0 Å². The molecule has 0 saturated heterocycles. The molecule has 0 atom stereocenters. The number of hydrogen-bond donors (Lipinski definition) is 1. The first-order valence-corrected chi connectivity index (χ1v) is 8.92. The number of carboxylic acids is 1. The molecule has 0 aromatic carbocycles. The fourth-order valence-electron chi connectivity index (χ4n) is 1.14. The maximum Gasteiger partial charge on any atom is 0.354 e. The van der Waals surface area contributed by atoms with E-state index in [-0.39, 0.29) is 12.4 Å². The zero-order chi connectivity index (χ0) is 12.2. The van der Waals surface area contributed by atoms with Crippen molar-refractivity contribution in [2.75, 3.05) is 6.61 Å². The van der Waals surface area contributed by atoms with Crippen LogP contribution in [0.3, 0.4) is 0 Å². The van der Waals surface area contributed by atoms with Crippen LogP contribution in [0.25, 0.3) is 0 Å². The topological polar surface area (TPSA) is 64.4 Å². The van der Waals surface area contributed by atoms with Crippen molar-refractivity contribution < 1.29 is 14.6 Å². The SMILES string of the molecule is C[Si](C)(C)CCOCn1cncc1C(=O)O. The number of hydrogen-bond acceptors (Lipinski definition) is 3. The van der Waals surface area contributed by atoms with Gasteiger partial charge in [0, 0.05) is 14.7 Å². The molecule has 6 heteroatoms. The molecule has 0 radical (unpaired) electrons. The smallest absolute Gasteiger partial charge is 0.354 e. The van der Waals surface area contributed by atoms with Gasteiger partial charge < -0.3 is 14.4 Å². The van der Waals surface area contributed by atoms with Gasteiger partial charge in [-0.15, -0.1) is 0 Å². The van der Waals surface area contributed by atoms with Gasteiger partial charge in [-0.3, -0.25) is 0 Å². The Balaban J connectivity index is 2.38. The lowest BCUT2D eigenvalue weighted by atomic mass is 10.5. The van der Waals surface area contributed by atoms with E-state index in [0.717, 1.165) is 6.04 Å². The van der Waals surface area contributed by atoms with Gasteiger partial charge in [0.05, 0.1) is 12.5 Å². The summed E-state index contributed by atoms with van der Waals surface area (Å²) in [7, 11) is -1.08. The summed E-state index contributed by atoms with van der Waals surface area (Å²) < 4.78 is 6.93. The Labute approximate surface area is 96.1 Å². The van der Waals surface area contributed by atoms with E-state index in [0.29, 0.717) is 6.61 Å². The largest absolute Gasteiger partial charge is 0.477 e. The van der Waals surface area contributed by atoms with Gasteiger partial charge in [0.25, 0.3) is 0 Å². The minimum absolute atomic E-state index is 0.160. The van der Waals surface area contributed by atoms with E-state index in [2.05, 4.69) is 24.6 Å². The highest BCUT2D eigenvalue weighted by atomic mass is 28.3. The molecule has 0 fully saturated rings. The summed E-state index contributed by atoms with van der Waals surface area (Å²) >= 11 is 0. The molecule has 0 unspecified atom stereocenters. The van der Waals surface area contributed by atoms with Gasteiger partial charge in [-0.1, -0.05) is 19.6 Å². The molecule has 0 aliphatic rings. The number of aromatic carboxylic acids is 1. The van der Waals surface area contributed by atoms with Gasteiger partial charge in [-0.2, -0.15) is 0 Å². The van der Waals surface area contributed by atoms with Gasteiger partial charge in [0.1, 0.15) is 12.4 Å². The minimum Gasteiger partial charge on any atom is -0.477 e. The Morgan fingerprint density at radius 1 is 1.56 bits per heavy atom. The molecule has 90 valence electrons. The second-order valence-corrected chi connectivity index (χ2v) is 10.5. The second kappa shape index (κ2) is 5.27. The van der Waals surface area contributed by atoms with E-state index in [1.807, 2.05) is 0 Å². The van der Waals surface area contributed by atoms with Crippen LogP contribution >= 0.6 is 0 Å². The normalized spacial score (nSPS) is 11.7. The summed E-state index contributed by atoms with van der Waals surface area (Å²) in [5.41, 5.74) is 0.160. The number of aromatic nitrogens is 2. The van der Waals surface area contributed by atoms with Gasteiger partial charge in [-0.25, -0.2) is 9.78 Å². The first-order chi connectivity index (χ1) is 7.40. The highest BCUT2D eigenvalue weighted by molar-refractivity contribution is 6.76. The van der Waals surface area contributed by atoms with Crippen molar-refractivity contribution in [1.29, 1.82) is 0 Å². The Kier molecular flexibility index (Phi) is 4.25. The maximum absolute atomic E-state index is 10.8. The van der Waals surface area contributed by atoms with Crippen molar-refractivity contribution in [2.45, 2.75) is 32.4 Å². The highest BCUT2D eigenvalue weighted by Crippen LogP contribution is 2.08. The fourth-order valence-corrected chi connectivity index (χ4v) is 1.90. The van der Waals surface area contributed by atoms with Crippen molar-refractivity contribution >= 4 is 14.0 Å². The predicted octanol–water partition coefficient (Wildman–Crippen LogP) is 1.89. The monoisotopic (exact) mass is 242 g/mol. The molecule has 0 aliphatic carbocycles. The van der Waals surface area contributed by atoms with E-state index < -0.39 is 14.0 Å². The average Bonchev–Trinajstić information content (AvgIpc) is 2.58. The molecule has 5 nitrogen and oxygen atoms in total. The van der Waals surface area contributed by atoms with Crippen molar-refractivity contribution in [2.24, 2.45) is 0 Å². The first-order valence-electron chi connectivity index (χ1n) is 5.21. The minimum atomic E-state index is -1.08. The van der Waals surface area contributed by atoms with Crippen molar-refractivity contribution in [3.8, 4) is 0 Å². The lowest BCUT2D eigenvalue weighted by Gasteiger charge is -2.15. The third-order valence-corrected chi connectivity index (χ3v) is 3.86. The molecular weight excluding hydrogens is 224 g/mol. The highest BCUT2D eigenvalue weighted by Gasteiger charge is 2.13. The van der Waals surface area contributed by atoms with Crippen molar-refractivity contribution in [1.82, 2.24) is 9.55 Å². The number of rotatable bonds is 6. The van der Waals surface area contributed by atoms with Crippen LogP contribution in [0.1, 0.15) is 10.5 Å².